The van der Waals surface area contributed by atoms with Gasteiger partial charge in [0.05, 0.1) is 19.4 Å². The van der Waals surface area contributed by atoms with Crippen LogP contribution >= 0.6 is 0 Å². The zero-order valence-corrected chi connectivity index (χ0v) is 9.33. The van der Waals surface area contributed by atoms with Crippen LogP contribution in [0.5, 0.6) is 0 Å². The standard InChI is InChI=1S/C10H23NO3/c1-3-12-8-10(14-4-2)6-5-7-13-9-11/h10H,3-9,11H2,1-2H3. The van der Waals surface area contributed by atoms with E-state index in [0.29, 0.717) is 19.9 Å². The van der Waals surface area contributed by atoms with Crippen molar-refractivity contribution in [2.45, 2.75) is 32.8 Å². The van der Waals surface area contributed by atoms with Crippen molar-refractivity contribution in [3.63, 3.8) is 0 Å². The van der Waals surface area contributed by atoms with Crippen LogP contribution in [0.25, 0.3) is 0 Å². The monoisotopic (exact) mass is 205 g/mol. The molecule has 0 bridgehead atoms. The topological polar surface area (TPSA) is 53.7 Å². The molecule has 86 valence electrons. The molecular formula is C10H23NO3. The molecule has 0 radical (unpaired) electrons. The smallest absolute Gasteiger partial charge is 0.0940 e. The number of hydrogen-bond donors (Lipinski definition) is 1. The van der Waals surface area contributed by atoms with E-state index in [2.05, 4.69) is 0 Å². The average Bonchev–Trinajstić information content (AvgIpc) is 2.20. The largest absolute Gasteiger partial charge is 0.379 e. The Bertz CT molecular complexity index is 112. The Morgan fingerprint density at radius 2 is 1.93 bits per heavy atom. The van der Waals surface area contributed by atoms with Crippen LogP contribution in [0.1, 0.15) is 26.7 Å². The highest BCUT2D eigenvalue weighted by Crippen LogP contribution is 2.03. The summed E-state index contributed by atoms with van der Waals surface area (Å²) in [6.45, 7) is 7.12. The van der Waals surface area contributed by atoms with Crippen molar-refractivity contribution in [3.05, 3.63) is 0 Å². The van der Waals surface area contributed by atoms with Gasteiger partial charge in [0.15, 0.2) is 0 Å². The molecule has 0 amide bonds. The van der Waals surface area contributed by atoms with Crippen molar-refractivity contribution < 1.29 is 14.2 Å². The maximum atomic E-state index is 5.51. The second-order valence-corrected chi connectivity index (χ2v) is 2.95. The molecule has 0 aromatic rings. The second-order valence-electron chi connectivity index (χ2n) is 2.95. The number of rotatable bonds is 10. The van der Waals surface area contributed by atoms with Crippen molar-refractivity contribution >= 4 is 0 Å². The SMILES string of the molecule is CCOCC(CCCOCN)OCC. The molecule has 4 heteroatoms. The Labute approximate surface area is 86.7 Å². The van der Waals surface area contributed by atoms with Crippen molar-refractivity contribution in [2.24, 2.45) is 5.73 Å². The summed E-state index contributed by atoms with van der Waals surface area (Å²) in [5.74, 6) is 0. The van der Waals surface area contributed by atoms with E-state index in [4.69, 9.17) is 19.9 Å². The van der Waals surface area contributed by atoms with Crippen LogP contribution in [0.15, 0.2) is 0 Å². The molecule has 0 saturated carbocycles. The molecule has 2 N–H and O–H groups in total. The van der Waals surface area contributed by atoms with Gasteiger partial charge < -0.3 is 19.9 Å². The van der Waals surface area contributed by atoms with Crippen LogP contribution in [0.4, 0.5) is 0 Å². The summed E-state index contributed by atoms with van der Waals surface area (Å²) < 4.78 is 15.9. The summed E-state index contributed by atoms with van der Waals surface area (Å²) in [5, 5.41) is 0. The van der Waals surface area contributed by atoms with Gasteiger partial charge in [0, 0.05) is 19.8 Å². The van der Waals surface area contributed by atoms with Crippen LogP contribution in [0.3, 0.4) is 0 Å². The minimum Gasteiger partial charge on any atom is -0.379 e. The molecule has 4 nitrogen and oxygen atoms in total. The third-order valence-corrected chi connectivity index (χ3v) is 1.84. The first-order valence-electron chi connectivity index (χ1n) is 5.32. The van der Waals surface area contributed by atoms with Gasteiger partial charge in [0.1, 0.15) is 0 Å². The molecule has 0 aliphatic rings. The summed E-state index contributed by atoms with van der Waals surface area (Å²) in [7, 11) is 0. The fourth-order valence-corrected chi connectivity index (χ4v) is 1.20. The number of nitrogens with two attached hydrogens (primary N) is 1. The third kappa shape index (κ3) is 8.44. The molecule has 1 atom stereocenters. The van der Waals surface area contributed by atoms with Gasteiger partial charge >= 0.3 is 0 Å². The predicted molar refractivity (Wildman–Crippen MR) is 56.1 cm³/mol. The summed E-state index contributed by atoms with van der Waals surface area (Å²) in [4.78, 5) is 0. The highest BCUT2D eigenvalue weighted by atomic mass is 16.5. The molecule has 0 aromatic carbocycles. The van der Waals surface area contributed by atoms with E-state index in [1.54, 1.807) is 0 Å². The third-order valence-electron chi connectivity index (χ3n) is 1.84. The Balaban J connectivity index is 3.40. The first-order valence-corrected chi connectivity index (χ1v) is 5.32. The Kier molecular flexibility index (Phi) is 10.8. The molecule has 0 aliphatic heterocycles. The van der Waals surface area contributed by atoms with Gasteiger partial charge in [-0.15, -0.1) is 0 Å². The van der Waals surface area contributed by atoms with Gasteiger partial charge in [0.25, 0.3) is 0 Å². The van der Waals surface area contributed by atoms with Crippen LogP contribution in [0.2, 0.25) is 0 Å². The number of hydrogen-bond acceptors (Lipinski definition) is 4. The fourth-order valence-electron chi connectivity index (χ4n) is 1.20. The van der Waals surface area contributed by atoms with Crippen LogP contribution in [0, 0.1) is 0 Å². The quantitative estimate of drug-likeness (QED) is 0.429. The van der Waals surface area contributed by atoms with E-state index >= 15 is 0 Å². The molecule has 0 aliphatic carbocycles. The lowest BCUT2D eigenvalue weighted by atomic mass is 10.2. The van der Waals surface area contributed by atoms with E-state index < -0.39 is 0 Å². The van der Waals surface area contributed by atoms with Crippen molar-refractivity contribution in [2.75, 3.05) is 33.2 Å². The second kappa shape index (κ2) is 10.9. The molecule has 0 saturated heterocycles. The Morgan fingerprint density at radius 1 is 1.14 bits per heavy atom. The molecule has 0 rings (SSSR count). The molecule has 1 unspecified atom stereocenters. The summed E-state index contributed by atoms with van der Waals surface area (Å²) in [6.07, 6.45) is 2.13. The minimum absolute atomic E-state index is 0.196. The van der Waals surface area contributed by atoms with Gasteiger partial charge in [-0.3, -0.25) is 0 Å². The van der Waals surface area contributed by atoms with E-state index in [0.717, 1.165) is 26.1 Å². The van der Waals surface area contributed by atoms with Crippen LogP contribution in [-0.2, 0) is 14.2 Å². The summed E-state index contributed by atoms with van der Waals surface area (Å²) in [5.41, 5.74) is 5.21. The summed E-state index contributed by atoms with van der Waals surface area (Å²) in [6, 6.07) is 0. The van der Waals surface area contributed by atoms with E-state index in [1.807, 2.05) is 13.8 Å². The first kappa shape index (κ1) is 13.8. The average molecular weight is 205 g/mol. The zero-order valence-electron chi connectivity index (χ0n) is 9.33. The molecular weight excluding hydrogens is 182 g/mol. The van der Waals surface area contributed by atoms with E-state index in [-0.39, 0.29) is 6.10 Å². The number of ether oxygens (including phenoxy) is 3. The lowest BCUT2D eigenvalue weighted by molar-refractivity contribution is -0.0168. The first-order chi connectivity index (χ1) is 6.85. The molecule has 0 fully saturated rings. The zero-order chi connectivity index (χ0) is 10.6. The molecule has 14 heavy (non-hydrogen) atoms. The lowest BCUT2D eigenvalue weighted by Gasteiger charge is -2.16. The van der Waals surface area contributed by atoms with Gasteiger partial charge in [-0.1, -0.05) is 0 Å². The van der Waals surface area contributed by atoms with Gasteiger partial charge in [-0.05, 0) is 26.7 Å². The normalized spacial score (nSPS) is 13.1. The maximum Gasteiger partial charge on any atom is 0.0940 e. The Morgan fingerprint density at radius 3 is 2.50 bits per heavy atom. The van der Waals surface area contributed by atoms with Gasteiger partial charge in [-0.2, -0.15) is 0 Å². The minimum atomic E-state index is 0.196. The van der Waals surface area contributed by atoms with E-state index in [1.165, 1.54) is 0 Å². The van der Waals surface area contributed by atoms with Gasteiger partial charge in [0.2, 0.25) is 0 Å². The Hall–Kier alpha value is -0.160. The highest BCUT2D eigenvalue weighted by molar-refractivity contribution is 4.56. The lowest BCUT2D eigenvalue weighted by Crippen LogP contribution is -2.21. The molecule has 0 aromatic heterocycles. The highest BCUT2D eigenvalue weighted by Gasteiger charge is 2.07. The molecule has 0 spiro atoms. The maximum absolute atomic E-state index is 5.51. The van der Waals surface area contributed by atoms with E-state index in [9.17, 15) is 0 Å². The predicted octanol–water partition coefficient (Wildman–Crippen LogP) is 1.14. The molecule has 0 heterocycles. The van der Waals surface area contributed by atoms with Crippen molar-refractivity contribution in [1.29, 1.82) is 0 Å². The summed E-state index contributed by atoms with van der Waals surface area (Å²) >= 11 is 0. The van der Waals surface area contributed by atoms with Crippen LogP contribution < -0.4 is 5.73 Å². The van der Waals surface area contributed by atoms with Crippen molar-refractivity contribution in [3.8, 4) is 0 Å². The fraction of sp³-hybridized carbons (Fsp3) is 1.00. The van der Waals surface area contributed by atoms with Gasteiger partial charge in [-0.25, -0.2) is 0 Å². The van der Waals surface area contributed by atoms with Crippen LogP contribution in [-0.4, -0.2) is 39.3 Å². The van der Waals surface area contributed by atoms with Crippen molar-refractivity contribution in [1.82, 2.24) is 0 Å².